The fourth-order valence-corrected chi connectivity index (χ4v) is 4.07. The molecule has 0 fully saturated rings. The molecule has 0 unspecified atom stereocenters. The summed E-state index contributed by atoms with van der Waals surface area (Å²) in [6, 6.07) is 15.7. The lowest BCUT2D eigenvalue weighted by molar-refractivity contribution is 1.02. The van der Waals surface area contributed by atoms with Crippen LogP contribution in [0, 0.1) is 6.92 Å². The molecule has 0 aliphatic heterocycles. The molecule has 1 aliphatic carbocycles. The molecular weight excluding hydrogens is 260 g/mol. The first-order valence-electron chi connectivity index (χ1n) is 7.10. The van der Waals surface area contributed by atoms with Crippen molar-refractivity contribution < 1.29 is 0 Å². The normalized spacial score (nSPS) is 13.7. The zero-order valence-electron chi connectivity index (χ0n) is 11.5. The van der Waals surface area contributed by atoms with Crippen LogP contribution in [0.25, 0.3) is 27.3 Å². The Morgan fingerprint density at radius 2 is 1.75 bits per heavy atom. The lowest BCUT2D eigenvalue weighted by Gasteiger charge is -2.05. The van der Waals surface area contributed by atoms with Gasteiger partial charge in [-0.05, 0) is 48.6 Å². The molecule has 4 rings (SSSR count). The van der Waals surface area contributed by atoms with Crippen molar-refractivity contribution in [1.29, 1.82) is 0 Å². The minimum atomic E-state index is 1.19. The summed E-state index contributed by atoms with van der Waals surface area (Å²) in [4.78, 5) is 1.54. The molecule has 0 radical (unpaired) electrons. The van der Waals surface area contributed by atoms with Crippen molar-refractivity contribution >= 4 is 27.5 Å². The molecule has 0 amide bonds. The highest BCUT2D eigenvalue weighted by Gasteiger charge is 2.12. The summed E-state index contributed by atoms with van der Waals surface area (Å²) < 4.78 is 1.41. The summed E-state index contributed by atoms with van der Waals surface area (Å²) in [7, 11) is 0. The maximum Gasteiger partial charge on any atom is 0.0352 e. The van der Waals surface area contributed by atoms with Gasteiger partial charge in [0.2, 0.25) is 0 Å². The Morgan fingerprint density at radius 1 is 0.950 bits per heavy atom. The maximum absolute atomic E-state index is 2.35. The van der Waals surface area contributed by atoms with Gasteiger partial charge in [0.1, 0.15) is 0 Å². The smallest absolute Gasteiger partial charge is 0.0352 e. The van der Waals surface area contributed by atoms with Crippen LogP contribution in [0.1, 0.15) is 22.4 Å². The van der Waals surface area contributed by atoms with Gasteiger partial charge in [-0.25, -0.2) is 0 Å². The second-order valence-corrected chi connectivity index (χ2v) is 6.59. The molecule has 2 aromatic carbocycles. The Bertz CT molecular complexity index is 804. The molecule has 0 spiro atoms. The molecule has 1 aliphatic rings. The van der Waals surface area contributed by atoms with E-state index < -0.39 is 0 Å². The van der Waals surface area contributed by atoms with Crippen LogP contribution < -0.4 is 0 Å². The summed E-state index contributed by atoms with van der Waals surface area (Å²) in [6.45, 7) is 2.13. The first kappa shape index (κ1) is 11.9. The third-order valence-corrected chi connectivity index (χ3v) is 5.26. The van der Waals surface area contributed by atoms with E-state index in [1.807, 2.05) is 11.3 Å². The average Bonchev–Trinajstić information content (AvgIpc) is 2.86. The van der Waals surface area contributed by atoms with Crippen molar-refractivity contribution in [3.8, 4) is 11.1 Å². The summed E-state index contributed by atoms with van der Waals surface area (Å²) in [5.41, 5.74) is 5.38. The van der Waals surface area contributed by atoms with Gasteiger partial charge in [-0.15, -0.1) is 11.3 Å². The second-order valence-electron chi connectivity index (χ2n) is 5.46. The standard InChI is InChI=1S/C19H16S/c1-13-6-8-14(9-7-13)15-10-11-19-17(12-15)16-4-2-3-5-18(16)20-19/h2,4,6-12H,3,5H2,1H3. The number of aryl methyl sites for hydroxylation is 2. The molecular formula is C19H16S. The van der Waals surface area contributed by atoms with Crippen molar-refractivity contribution in [2.75, 3.05) is 0 Å². The van der Waals surface area contributed by atoms with E-state index in [9.17, 15) is 0 Å². The minimum absolute atomic E-state index is 1.19. The fourth-order valence-electron chi connectivity index (χ4n) is 2.88. The van der Waals surface area contributed by atoms with Crippen LogP contribution in [-0.2, 0) is 6.42 Å². The molecule has 0 saturated carbocycles. The quantitative estimate of drug-likeness (QED) is 0.524. The van der Waals surface area contributed by atoms with E-state index in [0.717, 1.165) is 0 Å². The molecule has 3 aromatic rings. The van der Waals surface area contributed by atoms with Crippen molar-refractivity contribution in [2.45, 2.75) is 19.8 Å². The predicted octanol–water partition coefficient (Wildman–Crippen LogP) is 5.84. The Hall–Kier alpha value is -1.86. The first-order chi connectivity index (χ1) is 9.81. The maximum atomic E-state index is 2.35. The first-order valence-corrected chi connectivity index (χ1v) is 7.92. The van der Waals surface area contributed by atoms with Crippen LogP contribution in [0.15, 0.2) is 48.5 Å². The molecule has 1 aromatic heterocycles. The molecule has 0 atom stereocenters. The number of hydrogen-bond donors (Lipinski definition) is 0. The zero-order valence-corrected chi connectivity index (χ0v) is 12.3. The number of hydrogen-bond acceptors (Lipinski definition) is 1. The number of thiophene rings is 1. The molecule has 1 heteroatoms. The third kappa shape index (κ3) is 1.90. The van der Waals surface area contributed by atoms with Crippen molar-refractivity contribution in [3.63, 3.8) is 0 Å². The number of benzene rings is 2. The van der Waals surface area contributed by atoms with Gasteiger partial charge in [0.05, 0.1) is 0 Å². The van der Waals surface area contributed by atoms with Crippen LogP contribution in [0.4, 0.5) is 0 Å². The van der Waals surface area contributed by atoms with Gasteiger partial charge < -0.3 is 0 Å². The molecule has 0 nitrogen and oxygen atoms in total. The number of allylic oxidation sites excluding steroid dienone is 1. The van der Waals surface area contributed by atoms with Gasteiger partial charge in [-0.3, -0.25) is 0 Å². The molecule has 98 valence electrons. The van der Waals surface area contributed by atoms with E-state index in [0.29, 0.717) is 0 Å². The van der Waals surface area contributed by atoms with Crippen LogP contribution in [0.2, 0.25) is 0 Å². The Balaban J connectivity index is 1.90. The highest BCUT2D eigenvalue weighted by molar-refractivity contribution is 7.19. The highest BCUT2D eigenvalue weighted by Crippen LogP contribution is 2.37. The SMILES string of the molecule is Cc1ccc(-c2ccc3sc4c(c3c2)C=CCC4)cc1. The van der Waals surface area contributed by atoms with Crippen LogP contribution in [0.3, 0.4) is 0 Å². The summed E-state index contributed by atoms with van der Waals surface area (Å²) in [5, 5.41) is 1.42. The average molecular weight is 276 g/mol. The zero-order chi connectivity index (χ0) is 13.5. The van der Waals surface area contributed by atoms with Gasteiger partial charge in [0, 0.05) is 15.0 Å². The van der Waals surface area contributed by atoms with E-state index in [1.165, 1.54) is 45.2 Å². The Morgan fingerprint density at radius 3 is 2.60 bits per heavy atom. The van der Waals surface area contributed by atoms with E-state index in [1.54, 1.807) is 4.88 Å². The lowest BCUT2D eigenvalue weighted by atomic mass is 9.99. The molecule has 0 bridgehead atoms. The van der Waals surface area contributed by atoms with Crippen LogP contribution >= 0.6 is 11.3 Å². The van der Waals surface area contributed by atoms with Crippen LogP contribution in [-0.4, -0.2) is 0 Å². The van der Waals surface area contributed by atoms with Gasteiger partial charge in [-0.2, -0.15) is 0 Å². The Labute approximate surface area is 123 Å². The Kier molecular flexibility index (Phi) is 2.75. The molecule has 0 N–H and O–H groups in total. The number of fused-ring (bicyclic) bond motifs is 3. The highest BCUT2D eigenvalue weighted by atomic mass is 32.1. The van der Waals surface area contributed by atoms with E-state index in [2.05, 4.69) is 61.5 Å². The van der Waals surface area contributed by atoms with E-state index in [4.69, 9.17) is 0 Å². The van der Waals surface area contributed by atoms with E-state index in [-0.39, 0.29) is 0 Å². The van der Waals surface area contributed by atoms with Gasteiger partial charge >= 0.3 is 0 Å². The molecule has 0 saturated heterocycles. The largest absolute Gasteiger partial charge is 0.140 e. The van der Waals surface area contributed by atoms with E-state index >= 15 is 0 Å². The fraction of sp³-hybridized carbons (Fsp3) is 0.158. The third-order valence-electron chi connectivity index (χ3n) is 4.01. The molecule has 20 heavy (non-hydrogen) atoms. The second kappa shape index (κ2) is 4.60. The van der Waals surface area contributed by atoms with Crippen molar-refractivity contribution in [3.05, 3.63) is 64.5 Å². The summed E-state index contributed by atoms with van der Waals surface area (Å²) >= 11 is 1.95. The van der Waals surface area contributed by atoms with Gasteiger partial charge in [-0.1, -0.05) is 48.0 Å². The lowest BCUT2D eigenvalue weighted by Crippen LogP contribution is -1.87. The summed E-state index contributed by atoms with van der Waals surface area (Å²) in [6.07, 6.45) is 6.99. The van der Waals surface area contributed by atoms with Crippen molar-refractivity contribution in [2.24, 2.45) is 0 Å². The van der Waals surface area contributed by atoms with Crippen molar-refractivity contribution in [1.82, 2.24) is 0 Å². The minimum Gasteiger partial charge on any atom is -0.140 e. The molecule has 1 heterocycles. The monoisotopic (exact) mass is 276 g/mol. The summed E-state index contributed by atoms with van der Waals surface area (Å²) in [5.74, 6) is 0. The van der Waals surface area contributed by atoms with Gasteiger partial charge in [0.25, 0.3) is 0 Å². The predicted molar refractivity (Wildman–Crippen MR) is 89.4 cm³/mol. The van der Waals surface area contributed by atoms with Crippen LogP contribution in [0.5, 0.6) is 0 Å². The topological polar surface area (TPSA) is 0 Å². The number of rotatable bonds is 1. The van der Waals surface area contributed by atoms with Gasteiger partial charge in [0.15, 0.2) is 0 Å².